The van der Waals surface area contributed by atoms with E-state index < -0.39 is 9.84 Å². The smallest absolute Gasteiger partial charge is 0.150 e. The van der Waals surface area contributed by atoms with Crippen molar-refractivity contribution in [1.29, 1.82) is 0 Å². The minimum atomic E-state index is -2.84. The van der Waals surface area contributed by atoms with Gasteiger partial charge in [-0.2, -0.15) is 0 Å². The van der Waals surface area contributed by atoms with Crippen LogP contribution in [0.5, 0.6) is 0 Å². The summed E-state index contributed by atoms with van der Waals surface area (Å²) in [6.07, 6.45) is 5.19. The zero-order valence-electron chi connectivity index (χ0n) is 20.7. The molecule has 0 saturated carbocycles. The maximum Gasteiger partial charge on any atom is 0.150 e. The number of nitrogens with zero attached hydrogens (tertiary/aromatic N) is 2. The molecule has 2 aliphatic rings. The number of aromatic nitrogens is 2. The molecule has 2 aliphatic heterocycles. The predicted octanol–water partition coefficient (Wildman–Crippen LogP) is 5.92. The minimum absolute atomic E-state index is 0.322. The van der Waals surface area contributed by atoms with Crippen LogP contribution in [0.25, 0.3) is 22.6 Å². The molecule has 0 unspecified atom stereocenters. The van der Waals surface area contributed by atoms with Gasteiger partial charge < -0.3 is 4.98 Å². The van der Waals surface area contributed by atoms with E-state index in [0.717, 1.165) is 61.4 Å². The molecule has 190 valence electrons. The predicted molar refractivity (Wildman–Crippen MR) is 150 cm³/mol. The zero-order valence-corrected chi connectivity index (χ0v) is 22.2. The number of fused-ring (bicyclic) bond motifs is 1. The highest BCUT2D eigenvalue weighted by molar-refractivity contribution is 7.91. The maximum atomic E-state index is 11.9. The quantitative estimate of drug-likeness (QED) is 0.347. The average Bonchev–Trinajstić information content (AvgIpc) is 3.40. The van der Waals surface area contributed by atoms with Crippen LogP contribution in [0.3, 0.4) is 0 Å². The fourth-order valence-corrected chi connectivity index (χ4v) is 7.41. The number of halogens is 1. The first-order valence-corrected chi connectivity index (χ1v) is 15.1. The van der Waals surface area contributed by atoms with Crippen LogP contribution in [0.4, 0.5) is 0 Å². The van der Waals surface area contributed by atoms with Crippen LogP contribution in [0.2, 0.25) is 5.02 Å². The van der Waals surface area contributed by atoms with E-state index in [1.54, 1.807) is 0 Å². The Bertz CT molecular complexity index is 1520. The molecule has 0 aliphatic carbocycles. The molecule has 1 aromatic heterocycles. The Morgan fingerprint density at radius 2 is 1.81 bits per heavy atom. The first kappa shape index (κ1) is 24.4. The number of H-pyrrole nitrogens is 1. The number of hydrogen-bond acceptors (Lipinski definition) is 4. The topological polar surface area (TPSA) is 66.1 Å². The van der Waals surface area contributed by atoms with E-state index in [-0.39, 0.29) is 0 Å². The van der Waals surface area contributed by atoms with E-state index in [2.05, 4.69) is 57.3 Å². The Morgan fingerprint density at radius 1 is 1.00 bits per heavy atom. The first-order valence-electron chi connectivity index (χ1n) is 12.9. The number of hydrogen-bond donors (Lipinski definition) is 1. The fraction of sp³-hybridized carbons (Fsp3) is 0.300. The van der Waals surface area contributed by atoms with Crippen molar-refractivity contribution in [2.75, 3.05) is 18.1 Å². The second-order valence-corrected chi connectivity index (χ2v) is 12.9. The van der Waals surface area contributed by atoms with Crippen LogP contribution in [0.1, 0.15) is 35.1 Å². The Hall–Kier alpha value is -2.93. The number of rotatable bonds is 5. The lowest BCUT2D eigenvalue weighted by Gasteiger charge is -2.38. The summed E-state index contributed by atoms with van der Waals surface area (Å²) in [6.45, 7) is 1.88. The Kier molecular flexibility index (Phi) is 6.65. The lowest BCUT2D eigenvalue weighted by molar-refractivity contribution is 0.166. The molecular formula is C30H30ClN3O2S. The highest BCUT2D eigenvalue weighted by atomic mass is 35.5. The second kappa shape index (κ2) is 10.1. The molecule has 4 aromatic rings. The van der Waals surface area contributed by atoms with E-state index in [0.29, 0.717) is 22.6 Å². The number of benzene rings is 3. The van der Waals surface area contributed by atoms with Crippen molar-refractivity contribution >= 4 is 21.4 Å². The van der Waals surface area contributed by atoms with Crippen LogP contribution in [0.15, 0.2) is 72.9 Å². The highest BCUT2D eigenvalue weighted by Gasteiger charge is 2.30. The highest BCUT2D eigenvalue weighted by Crippen LogP contribution is 2.32. The van der Waals surface area contributed by atoms with Crippen LogP contribution < -0.4 is 0 Å². The van der Waals surface area contributed by atoms with Gasteiger partial charge in [-0.15, -0.1) is 0 Å². The molecule has 3 heterocycles. The van der Waals surface area contributed by atoms with Gasteiger partial charge in [-0.05, 0) is 65.6 Å². The van der Waals surface area contributed by atoms with Crippen molar-refractivity contribution in [2.45, 2.75) is 38.3 Å². The molecule has 0 spiro atoms. The fourth-order valence-electron chi connectivity index (χ4n) is 5.74. The van der Waals surface area contributed by atoms with Gasteiger partial charge in [0, 0.05) is 24.7 Å². The molecule has 0 radical (unpaired) electrons. The van der Waals surface area contributed by atoms with Crippen LogP contribution in [-0.2, 0) is 29.2 Å². The van der Waals surface area contributed by atoms with Gasteiger partial charge in [-0.1, -0.05) is 66.2 Å². The lowest BCUT2D eigenvalue weighted by Crippen LogP contribution is -2.43. The average molecular weight is 532 g/mol. The summed E-state index contributed by atoms with van der Waals surface area (Å²) >= 11 is 6.61. The van der Waals surface area contributed by atoms with Crippen LogP contribution in [-0.4, -0.2) is 47.4 Å². The van der Waals surface area contributed by atoms with Gasteiger partial charge in [0.15, 0.2) is 0 Å². The van der Waals surface area contributed by atoms with Gasteiger partial charge >= 0.3 is 0 Å². The van der Waals surface area contributed by atoms with E-state index in [1.807, 2.05) is 30.5 Å². The van der Waals surface area contributed by atoms with Crippen molar-refractivity contribution in [3.8, 4) is 22.6 Å². The number of aromatic amines is 1. The molecule has 1 N–H and O–H groups in total. The Labute approximate surface area is 223 Å². The van der Waals surface area contributed by atoms with E-state index in [1.165, 1.54) is 22.3 Å². The summed E-state index contributed by atoms with van der Waals surface area (Å²) in [6, 6.07) is 23.3. The van der Waals surface area contributed by atoms with Crippen LogP contribution >= 0.6 is 11.6 Å². The molecule has 5 nitrogen and oxygen atoms in total. The normalized spacial score (nSPS) is 18.0. The van der Waals surface area contributed by atoms with E-state index >= 15 is 0 Å². The molecule has 1 saturated heterocycles. The maximum absolute atomic E-state index is 11.9. The Morgan fingerprint density at radius 3 is 2.62 bits per heavy atom. The standard InChI is InChI=1S/C30H30ClN3O2S/c31-28-10-9-21(18-27(28)30-32-19-29(33-30)22-5-2-1-3-6-22)17-23-7-4-8-24-20-34(14-11-26(23)24)25-12-15-37(35,36)16-13-25/h1-10,18-19,25H,11-17,20H2,(H,32,33). The number of sulfone groups is 1. The summed E-state index contributed by atoms with van der Waals surface area (Å²) in [4.78, 5) is 10.5. The van der Waals surface area contributed by atoms with E-state index in [4.69, 9.17) is 11.6 Å². The summed E-state index contributed by atoms with van der Waals surface area (Å²) < 4.78 is 23.7. The van der Waals surface area contributed by atoms with Crippen LogP contribution in [0, 0.1) is 0 Å². The summed E-state index contributed by atoms with van der Waals surface area (Å²) in [7, 11) is -2.84. The van der Waals surface area contributed by atoms with Gasteiger partial charge in [-0.3, -0.25) is 4.90 Å². The zero-order chi connectivity index (χ0) is 25.4. The minimum Gasteiger partial charge on any atom is -0.338 e. The van der Waals surface area contributed by atoms with Gasteiger partial charge in [0.25, 0.3) is 0 Å². The molecule has 1 fully saturated rings. The number of nitrogens with one attached hydrogen (secondary N) is 1. The lowest BCUT2D eigenvalue weighted by atomic mass is 9.90. The third-order valence-electron chi connectivity index (χ3n) is 7.77. The molecular weight excluding hydrogens is 502 g/mol. The molecule has 6 rings (SSSR count). The van der Waals surface area contributed by atoms with Gasteiger partial charge in [0.1, 0.15) is 15.7 Å². The molecule has 3 aromatic carbocycles. The Balaban J connectivity index is 1.21. The summed E-state index contributed by atoms with van der Waals surface area (Å²) in [5, 5.41) is 0.679. The first-order chi connectivity index (χ1) is 17.9. The third-order valence-corrected chi connectivity index (χ3v) is 9.82. The second-order valence-electron chi connectivity index (χ2n) is 10.2. The van der Waals surface area contributed by atoms with Crippen molar-refractivity contribution in [1.82, 2.24) is 14.9 Å². The van der Waals surface area contributed by atoms with Gasteiger partial charge in [0.2, 0.25) is 0 Å². The molecule has 0 bridgehead atoms. The number of imidazole rings is 1. The summed E-state index contributed by atoms with van der Waals surface area (Å²) in [5.74, 6) is 1.41. The van der Waals surface area contributed by atoms with Gasteiger partial charge in [0.05, 0.1) is 28.4 Å². The van der Waals surface area contributed by atoms with Crippen molar-refractivity contribution in [3.05, 3.63) is 100 Å². The van der Waals surface area contributed by atoms with Gasteiger partial charge in [-0.25, -0.2) is 13.4 Å². The molecule has 37 heavy (non-hydrogen) atoms. The van der Waals surface area contributed by atoms with Crippen molar-refractivity contribution in [2.24, 2.45) is 0 Å². The van der Waals surface area contributed by atoms with Crippen molar-refractivity contribution < 1.29 is 8.42 Å². The SMILES string of the molecule is O=S1(=O)CCC(N2CCc3c(Cc4ccc(Cl)c(-c5ncc(-c6ccccc6)[nH]5)c4)cccc3C2)CC1. The molecule has 0 atom stereocenters. The van der Waals surface area contributed by atoms with E-state index in [9.17, 15) is 8.42 Å². The third kappa shape index (κ3) is 5.24. The summed E-state index contributed by atoms with van der Waals surface area (Å²) in [5.41, 5.74) is 8.31. The molecule has 7 heteroatoms. The monoisotopic (exact) mass is 531 g/mol. The van der Waals surface area contributed by atoms with Crippen molar-refractivity contribution in [3.63, 3.8) is 0 Å². The molecule has 0 amide bonds. The largest absolute Gasteiger partial charge is 0.338 e.